The maximum atomic E-state index is 13.2. The van der Waals surface area contributed by atoms with Crippen molar-refractivity contribution in [3.05, 3.63) is 52.3 Å². The van der Waals surface area contributed by atoms with E-state index < -0.39 is 29.2 Å². The first-order valence-electron chi connectivity index (χ1n) is 9.95. The summed E-state index contributed by atoms with van der Waals surface area (Å²) in [6, 6.07) is 6.82. The predicted octanol–water partition coefficient (Wildman–Crippen LogP) is 4.65. The zero-order chi connectivity index (χ0) is 22.3. The lowest BCUT2D eigenvalue weighted by Gasteiger charge is -2.19. The molecular formula is C21H21ClF3N3O3. The molecule has 2 heterocycles. The number of alkyl halides is 3. The third-order valence-electron chi connectivity index (χ3n) is 5.96. The molecule has 10 heteroatoms. The van der Waals surface area contributed by atoms with Gasteiger partial charge in [0, 0.05) is 31.2 Å². The van der Waals surface area contributed by atoms with E-state index >= 15 is 0 Å². The van der Waals surface area contributed by atoms with Gasteiger partial charge in [0.1, 0.15) is 11.3 Å². The number of carbonyl (C=O) groups excluding carboxylic acids is 2. The highest BCUT2D eigenvalue weighted by Crippen LogP contribution is 2.40. The zero-order valence-corrected chi connectivity index (χ0v) is 17.5. The highest BCUT2D eigenvalue weighted by atomic mass is 35.5. The van der Waals surface area contributed by atoms with Crippen LogP contribution in [-0.4, -0.2) is 45.7 Å². The van der Waals surface area contributed by atoms with Crippen LogP contribution in [0.15, 0.2) is 30.5 Å². The first kappa shape index (κ1) is 21.8. The molecule has 0 radical (unpaired) electrons. The molecule has 1 aliphatic heterocycles. The van der Waals surface area contributed by atoms with E-state index in [0.29, 0.717) is 35.6 Å². The Labute approximate surface area is 181 Å². The number of hydrogen-bond donors (Lipinski definition) is 0. The largest absolute Gasteiger partial charge is 0.420 e. The quantitative estimate of drug-likeness (QED) is 0.629. The summed E-state index contributed by atoms with van der Waals surface area (Å²) >= 11 is 6.15. The van der Waals surface area contributed by atoms with E-state index in [1.807, 2.05) is 24.3 Å². The van der Waals surface area contributed by atoms with E-state index in [1.165, 1.54) is 4.90 Å². The number of halogens is 4. The number of carbonyl (C=O) groups is 2. The molecule has 0 spiro atoms. The van der Waals surface area contributed by atoms with Gasteiger partial charge in [-0.2, -0.15) is 23.0 Å². The van der Waals surface area contributed by atoms with Crippen molar-refractivity contribution in [3.63, 3.8) is 0 Å². The topological polar surface area (TPSA) is 64.4 Å². The highest BCUT2D eigenvalue weighted by Gasteiger charge is 2.44. The molecule has 2 unspecified atom stereocenters. The van der Waals surface area contributed by atoms with Crippen molar-refractivity contribution in [3.8, 4) is 0 Å². The van der Waals surface area contributed by atoms with Gasteiger partial charge in [-0.05, 0) is 36.3 Å². The van der Waals surface area contributed by atoms with Gasteiger partial charge in [0.15, 0.2) is 5.78 Å². The van der Waals surface area contributed by atoms with Crippen LogP contribution in [0.5, 0.6) is 0 Å². The van der Waals surface area contributed by atoms with Gasteiger partial charge in [-0.1, -0.05) is 29.8 Å². The molecule has 1 amide bonds. The number of ether oxygens (including phenoxy) is 1. The number of Topliss-reactive ketones (excluding diaryl/α,β-unsaturated/α-hetero) is 1. The SMILES string of the molecule is CC(=O)c1nn(C(=O)N2CC3CC(OCc4ccccc4Cl)CC3C2)cc1C(F)(F)F. The molecule has 6 nitrogen and oxygen atoms in total. The number of likely N-dealkylation sites (tertiary alicyclic amines) is 1. The van der Waals surface area contributed by atoms with Crippen molar-refractivity contribution in [2.24, 2.45) is 11.8 Å². The van der Waals surface area contributed by atoms with Crippen LogP contribution in [0.2, 0.25) is 5.02 Å². The van der Waals surface area contributed by atoms with Crippen molar-refractivity contribution < 1.29 is 27.5 Å². The summed E-state index contributed by atoms with van der Waals surface area (Å²) in [4.78, 5) is 25.7. The highest BCUT2D eigenvalue weighted by molar-refractivity contribution is 6.31. The van der Waals surface area contributed by atoms with Crippen LogP contribution in [0.25, 0.3) is 0 Å². The Kier molecular flexibility index (Phi) is 5.83. The Morgan fingerprint density at radius 2 is 1.84 bits per heavy atom. The van der Waals surface area contributed by atoms with Gasteiger partial charge in [-0.25, -0.2) is 4.79 Å². The Hall–Kier alpha value is -2.39. The van der Waals surface area contributed by atoms with E-state index in [2.05, 4.69) is 5.10 Å². The first-order chi connectivity index (χ1) is 14.6. The molecule has 166 valence electrons. The number of rotatable bonds is 4. The molecule has 2 atom stereocenters. The van der Waals surface area contributed by atoms with Gasteiger partial charge < -0.3 is 9.64 Å². The Morgan fingerprint density at radius 3 is 2.39 bits per heavy atom. The van der Waals surface area contributed by atoms with Gasteiger partial charge in [0.05, 0.1) is 12.7 Å². The number of nitrogens with zero attached hydrogens (tertiary/aromatic N) is 3. The van der Waals surface area contributed by atoms with Gasteiger partial charge in [-0.3, -0.25) is 4.79 Å². The molecule has 1 saturated heterocycles. The van der Waals surface area contributed by atoms with Crippen molar-refractivity contribution >= 4 is 23.4 Å². The molecule has 1 aromatic heterocycles. The van der Waals surface area contributed by atoms with E-state index in [1.54, 1.807) is 0 Å². The van der Waals surface area contributed by atoms with Crippen LogP contribution in [0.4, 0.5) is 18.0 Å². The summed E-state index contributed by atoms with van der Waals surface area (Å²) in [5.74, 6) is -0.411. The molecular weight excluding hydrogens is 435 g/mol. The Bertz CT molecular complexity index is 993. The maximum Gasteiger partial charge on any atom is 0.420 e. The van der Waals surface area contributed by atoms with Crippen molar-refractivity contribution in [2.75, 3.05) is 13.1 Å². The summed E-state index contributed by atoms with van der Waals surface area (Å²) in [6.45, 7) is 2.25. The average molecular weight is 456 g/mol. The van der Waals surface area contributed by atoms with Gasteiger partial charge in [0.2, 0.25) is 0 Å². The fourth-order valence-electron chi connectivity index (χ4n) is 4.44. The van der Waals surface area contributed by atoms with Crippen LogP contribution in [0, 0.1) is 11.8 Å². The first-order valence-corrected chi connectivity index (χ1v) is 10.3. The van der Waals surface area contributed by atoms with Crippen LogP contribution in [-0.2, 0) is 17.5 Å². The Balaban J connectivity index is 1.37. The molecule has 1 aliphatic carbocycles. The molecule has 2 aromatic rings. The van der Waals surface area contributed by atoms with Crippen LogP contribution in [0.3, 0.4) is 0 Å². The summed E-state index contributed by atoms with van der Waals surface area (Å²) in [6.07, 6.45) is -2.57. The molecule has 1 saturated carbocycles. The van der Waals surface area contributed by atoms with E-state index in [-0.39, 0.29) is 17.9 Å². The number of benzene rings is 1. The lowest BCUT2D eigenvalue weighted by molar-refractivity contribution is -0.137. The number of amides is 1. The molecule has 4 rings (SSSR count). The van der Waals surface area contributed by atoms with E-state index in [9.17, 15) is 22.8 Å². The van der Waals surface area contributed by atoms with Gasteiger partial charge in [-0.15, -0.1) is 0 Å². The second kappa shape index (κ2) is 8.27. The van der Waals surface area contributed by atoms with Crippen LogP contribution in [0.1, 0.15) is 41.4 Å². The summed E-state index contributed by atoms with van der Waals surface area (Å²) in [5.41, 5.74) is -1.02. The summed E-state index contributed by atoms with van der Waals surface area (Å²) < 4.78 is 46.1. The molecule has 31 heavy (non-hydrogen) atoms. The van der Waals surface area contributed by atoms with Gasteiger partial charge in [0.25, 0.3) is 0 Å². The minimum Gasteiger partial charge on any atom is -0.373 e. The third-order valence-corrected chi connectivity index (χ3v) is 6.33. The monoisotopic (exact) mass is 455 g/mol. The fraction of sp³-hybridized carbons (Fsp3) is 0.476. The van der Waals surface area contributed by atoms with E-state index in [0.717, 1.165) is 25.3 Å². The minimum absolute atomic E-state index is 0.0503. The number of fused-ring (bicyclic) bond motifs is 1. The average Bonchev–Trinajstić information content (AvgIpc) is 3.39. The number of aromatic nitrogens is 2. The van der Waals surface area contributed by atoms with E-state index in [4.69, 9.17) is 16.3 Å². The van der Waals surface area contributed by atoms with Crippen LogP contribution >= 0.6 is 11.6 Å². The standard InChI is InChI=1S/C21H21ClF3N3O3/c1-12(29)19-17(21(23,24)25)10-28(26-19)20(30)27-8-14-6-16(7-15(14)9-27)31-11-13-4-2-3-5-18(13)22/h2-5,10,14-16H,6-9,11H2,1H3. The Morgan fingerprint density at radius 1 is 1.19 bits per heavy atom. The second-order valence-corrected chi connectivity index (χ2v) is 8.50. The lowest BCUT2D eigenvalue weighted by atomic mass is 10.0. The molecule has 2 aliphatic rings. The third kappa shape index (κ3) is 4.48. The number of ketones is 1. The van der Waals surface area contributed by atoms with Gasteiger partial charge >= 0.3 is 12.2 Å². The molecule has 0 N–H and O–H groups in total. The van der Waals surface area contributed by atoms with Crippen molar-refractivity contribution in [1.29, 1.82) is 0 Å². The zero-order valence-electron chi connectivity index (χ0n) is 16.7. The smallest absolute Gasteiger partial charge is 0.373 e. The summed E-state index contributed by atoms with van der Waals surface area (Å²) in [5, 5.41) is 4.27. The normalized spacial score (nSPS) is 23.3. The predicted molar refractivity (Wildman–Crippen MR) is 106 cm³/mol. The molecule has 1 aromatic carbocycles. The van der Waals surface area contributed by atoms with Crippen molar-refractivity contribution in [2.45, 2.75) is 38.7 Å². The minimum atomic E-state index is -4.76. The van der Waals surface area contributed by atoms with Crippen LogP contribution < -0.4 is 0 Å². The molecule has 2 fully saturated rings. The summed E-state index contributed by atoms with van der Waals surface area (Å²) in [7, 11) is 0. The molecule has 0 bridgehead atoms. The number of hydrogen-bond acceptors (Lipinski definition) is 4. The maximum absolute atomic E-state index is 13.2. The second-order valence-electron chi connectivity index (χ2n) is 8.09. The fourth-order valence-corrected chi connectivity index (χ4v) is 4.63. The lowest BCUT2D eigenvalue weighted by Crippen LogP contribution is -2.34. The van der Waals surface area contributed by atoms with Crippen molar-refractivity contribution in [1.82, 2.24) is 14.7 Å².